The molecule has 0 saturated heterocycles. The Morgan fingerprint density at radius 3 is 3.17 bits per heavy atom. The van der Waals surface area contributed by atoms with E-state index in [4.69, 9.17) is 10.5 Å². The van der Waals surface area contributed by atoms with Crippen LogP contribution < -0.4 is 15.8 Å². The molecule has 12 heavy (non-hydrogen) atoms. The summed E-state index contributed by atoms with van der Waals surface area (Å²) < 4.78 is 4.83. The number of urea groups is 1. The fourth-order valence-corrected chi connectivity index (χ4v) is 0.741. The Balaban J connectivity index is 0. The molecule has 0 aliphatic carbocycles. The Kier molecular flexibility index (Phi) is 2.47. The van der Waals surface area contributed by atoms with E-state index in [-0.39, 0.29) is 2.85 Å². The summed E-state index contributed by atoms with van der Waals surface area (Å²) in [5.41, 5.74) is 5.47. The lowest BCUT2D eigenvalue weighted by atomic mass is 10.4. The van der Waals surface area contributed by atoms with Crippen molar-refractivity contribution in [1.82, 2.24) is 4.98 Å². The van der Waals surface area contributed by atoms with Gasteiger partial charge in [-0.1, -0.05) is 0 Å². The van der Waals surface area contributed by atoms with Gasteiger partial charge >= 0.3 is 6.03 Å². The number of aromatic nitrogens is 1. The number of hydrogen-bond donors (Lipinski definition) is 2. The van der Waals surface area contributed by atoms with Crippen LogP contribution in [0.5, 0.6) is 5.88 Å². The number of carbonyl (C=O) groups is 1. The summed E-state index contributed by atoms with van der Waals surface area (Å²) in [4.78, 5) is 14.3. The largest absolute Gasteiger partial charge is 0.481 e. The molecule has 0 atom stereocenters. The molecule has 1 aromatic rings. The van der Waals surface area contributed by atoms with Crippen LogP contribution in [0.4, 0.5) is 10.5 Å². The third kappa shape index (κ3) is 2.12. The summed E-state index contributed by atoms with van der Waals surface area (Å²) in [5.74, 6) is 0.432. The molecule has 0 aliphatic heterocycles. The Hall–Kier alpha value is -1.78. The van der Waals surface area contributed by atoms with Crippen LogP contribution in [0.3, 0.4) is 0 Å². The third-order valence-corrected chi connectivity index (χ3v) is 1.21. The van der Waals surface area contributed by atoms with Crippen LogP contribution in [0.2, 0.25) is 0 Å². The van der Waals surface area contributed by atoms with Crippen LogP contribution in [0.25, 0.3) is 0 Å². The van der Waals surface area contributed by atoms with Gasteiger partial charge in [0.05, 0.1) is 7.11 Å². The highest BCUT2D eigenvalue weighted by Gasteiger charge is 1.97. The van der Waals surface area contributed by atoms with Gasteiger partial charge in [0, 0.05) is 20.8 Å². The first-order chi connectivity index (χ1) is 5.72. The van der Waals surface area contributed by atoms with Gasteiger partial charge in [0.25, 0.3) is 0 Å². The maximum atomic E-state index is 10.4. The van der Waals surface area contributed by atoms with E-state index in [2.05, 4.69) is 10.3 Å². The smallest absolute Gasteiger partial charge is 0.316 e. The summed E-state index contributed by atoms with van der Waals surface area (Å²) in [6.07, 6.45) is 1.52. The molecule has 0 radical (unpaired) electrons. The average molecular weight is 171 g/mol. The number of methoxy groups -OCH3 is 1. The van der Waals surface area contributed by atoms with Crippen molar-refractivity contribution in [3.8, 4) is 5.88 Å². The number of carbonyl (C=O) groups excluding carboxylic acids is 1. The van der Waals surface area contributed by atoms with Crippen LogP contribution in [-0.4, -0.2) is 18.1 Å². The number of nitrogens with two attached hydrogens (primary N) is 1. The molecule has 0 unspecified atom stereocenters. The molecule has 2 amide bonds. The number of hydrogen-bond acceptors (Lipinski definition) is 3. The highest BCUT2D eigenvalue weighted by Crippen LogP contribution is 2.12. The number of primary amides is 1. The quantitative estimate of drug-likeness (QED) is 0.698. The minimum absolute atomic E-state index is 0. The first-order valence-electron chi connectivity index (χ1n) is 3.29. The molecule has 0 aliphatic rings. The molecule has 5 nitrogen and oxygen atoms in total. The Labute approximate surface area is 72.5 Å². The van der Waals surface area contributed by atoms with Gasteiger partial charge in [-0.2, -0.15) is 0 Å². The lowest BCUT2D eigenvalue weighted by Crippen LogP contribution is -2.19. The normalized spacial score (nSPS) is 9.08. The first kappa shape index (κ1) is 8.32. The molecule has 0 fully saturated rings. The number of ether oxygens (including phenoxy) is 1. The van der Waals surface area contributed by atoms with Crippen molar-refractivity contribution in [2.75, 3.05) is 12.4 Å². The van der Waals surface area contributed by atoms with Crippen LogP contribution in [0.1, 0.15) is 2.85 Å². The lowest BCUT2D eigenvalue weighted by molar-refractivity contribution is 0.259. The third-order valence-electron chi connectivity index (χ3n) is 1.21. The maximum Gasteiger partial charge on any atom is 0.316 e. The lowest BCUT2D eigenvalue weighted by Gasteiger charge is -2.02. The number of nitrogens with one attached hydrogen (secondary N) is 1. The van der Waals surface area contributed by atoms with Crippen LogP contribution in [-0.2, 0) is 0 Å². The number of anilines is 1. The second kappa shape index (κ2) is 3.56. The van der Waals surface area contributed by atoms with Crippen LogP contribution in [0, 0.1) is 0 Å². The first-order valence-corrected chi connectivity index (χ1v) is 3.29. The molecule has 0 bridgehead atoms. The highest BCUT2D eigenvalue weighted by molar-refractivity contribution is 5.87. The Bertz CT molecular complexity index is 296. The van der Waals surface area contributed by atoms with Gasteiger partial charge in [0.2, 0.25) is 5.88 Å². The molecular weight excluding hydrogens is 158 g/mol. The molecule has 0 spiro atoms. The van der Waals surface area contributed by atoms with Crippen molar-refractivity contribution in [1.29, 1.82) is 0 Å². The van der Waals surface area contributed by atoms with Crippen molar-refractivity contribution in [2.24, 2.45) is 5.73 Å². The summed E-state index contributed by atoms with van der Waals surface area (Å²) in [7, 11) is 1.50. The molecule has 0 aromatic carbocycles. The van der Waals surface area contributed by atoms with Gasteiger partial charge < -0.3 is 15.8 Å². The van der Waals surface area contributed by atoms with E-state index >= 15 is 0 Å². The molecule has 1 heterocycles. The van der Waals surface area contributed by atoms with E-state index in [0.717, 1.165) is 0 Å². The van der Waals surface area contributed by atoms with E-state index in [1.165, 1.54) is 13.3 Å². The molecule has 1 rings (SSSR count). The fourth-order valence-electron chi connectivity index (χ4n) is 0.741. The van der Waals surface area contributed by atoms with Gasteiger partial charge in [0.1, 0.15) is 0 Å². The van der Waals surface area contributed by atoms with Crippen molar-refractivity contribution in [2.45, 2.75) is 0 Å². The second-order valence-corrected chi connectivity index (χ2v) is 2.08. The fraction of sp³-hybridized carbons (Fsp3) is 0.143. The van der Waals surface area contributed by atoms with Crippen molar-refractivity contribution in [3.63, 3.8) is 0 Å². The Morgan fingerprint density at radius 2 is 2.58 bits per heavy atom. The van der Waals surface area contributed by atoms with E-state index in [1.807, 2.05) is 0 Å². The van der Waals surface area contributed by atoms with Crippen molar-refractivity contribution >= 4 is 11.7 Å². The number of pyridine rings is 1. The van der Waals surface area contributed by atoms with Crippen molar-refractivity contribution in [3.05, 3.63) is 18.3 Å². The number of nitrogens with zero attached hydrogens (tertiary/aromatic N) is 1. The predicted molar refractivity (Wildman–Crippen MR) is 48.2 cm³/mol. The van der Waals surface area contributed by atoms with Gasteiger partial charge in [-0.25, -0.2) is 9.78 Å². The summed E-state index contributed by atoms with van der Waals surface area (Å²) in [6.45, 7) is 0. The van der Waals surface area contributed by atoms with Crippen LogP contribution >= 0.6 is 0 Å². The van der Waals surface area contributed by atoms with E-state index in [1.54, 1.807) is 12.1 Å². The monoisotopic (exact) mass is 171 g/mol. The molecule has 1 aromatic heterocycles. The molecular formula is C7H13N3O2. The summed E-state index contributed by atoms with van der Waals surface area (Å²) >= 11 is 0. The van der Waals surface area contributed by atoms with Gasteiger partial charge in [-0.15, -0.1) is 0 Å². The van der Waals surface area contributed by atoms with E-state index in [9.17, 15) is 4.79 Å². The van der Waals surface area contributed by atoms with Crippen LogP contribution in [0.15, 0.2) is 18.3 Å². The van der Waals surface area contributed by atoms with E-state index < -0.39 is 6.03 Å². The SMILES string of the molecule is COc1cc(NC(N)=O)ccn1.[HH].[HH]. The topological polar surface area (TPSA) is 77.2 Å². The number of rotatable bonds is 2. The van der Waals surface area contributed by atoms with Crippen molar-refractivity contribution < 1.29 is 12.4 Å². The standard InChI is InChI=1S/C7H9N3O2.2H2/c1-12-6-4-5(2-3-9-6)10-7(8)11;;/h2-4H,1H3,(H3,8,9,10,11);2*1H. The highest BCUT2D eigenvalue weighted by atomic mass is 16.5. The van der Waals surface area contributed by atoms with Gasteiger partial charge in [-0.05, 0) is 6.07 Å². The number of amides is 2. The zero-order valence-corrected chi connectivity index (χ0v) is 6.57. The maximum absolute atomic E-state index is 10.4. The van der Waals surface area contributed by atoms with Gasteiger partial charge in [0.15, 0.2) is 0 Å². The van der Waals surface area contributed by atoms with E-state index in [0.29, 0.717) is 11.6 Å². The molecule has 0 saturated carbocycles. The molecule has 3 N–H and O–H groups in total. The molecule has 68 valence electrons. The summed E-state index contributed by atoms with van der Waals surface area (Å²) in [6, 6.07) is 2.58. The minimum atomic E-state index is -0.608. The van der Waals surface area contributed by atoms with Gasteiger partial charge in [-0.3, -0.25) is 0 Å². The second-order valence-electron chi connectivity index (χ2n) is 2.08. The predicted octanol–water partition coefficient (Wildman–Crippen LogP) is 1.07. The molecule has 5 heteroatoms. The minimum Gasteiger partial charge on any atom is -0.481 e. The summed E-state index contributed by atoms with van der Waals surface area (Å²) in [5, 5.41) is 2.40. The Morgan fingerprint density at radius 1 is 1.83 bits per heavy atom. The zero-order valence-electron chi connectivity index (χ0n) is 6.57. The zero-order chi connectivity index (χ0) is 8.97. The average Bonchev–Trinajstić information content (AvgIpc) is 2.03.